The predicted octanol–water partition coefficient (Wildman–Crippen LogP) is 2.75. The lowest BCUT2D eigenvalue weighted by Gasteiger charge is -2.25. The zero-order chi connectivity index (χ0) is 13.6. The normalized spacial score (nSPS) is 17.8. The second-order valence-electron chi connectivity index (χ2n) is 4.59. The minimum Gasteiger partial charge on any atom is -0.368 e. The molecular formula is C12H20F3NO2. The summed E-state index contributed by atoms with van der Waals surface area (Å²) in [5.41, 5.74) is 0. The molecule has 0 aromatic heterocycles. The minimum absolute atomic E-state index is 0.0345. The highest BCUT2D eigenvalue weighted by Gasteiger charge is 2.32. The van der Waals surface area contributed by atoms with Crippen molar-refractivity contribution >= 4 is 5.91 Å². The molecule has 0 saturated heterocycles. The summed E-state index contributed by atoms with van der Waals surface area (Å²) in [6.07, 6.45) is 0.793. The Balaban J connectivity index is 2.32. The Morgan fingerprint density at radius 1 is 1.28 bits per heavy atom. The average Bonchev–Trinajstić information content (AvgIpc) is 2.33. The lowest BCUT2D eigenvalue weighted by molar-refractivity contribution is -0.164. The number of likely N-dealkylation sites (N-methyl/N-ethyl adjacent to an activating group) is 1. The van der Waals surface area contributed by atoms with Crippen LogP contribution in [0.2, 0.25) is 0 Å². The fraction of sp³-hybridized carbons (Fsp3) is 0.917. The van der Waals surface area contributed by atoms with E-state index in [4.69, 9.17) is 4.74 Å². The second-order valence-corrected chi connectivity index (χ2v) is 4.59. The van der Waals surface area contributed by atoms with Crippen molar-refractivity contribution in [3.8, 4) is 0 Å². The van der Waals surface area contributed by atoms with Crippen molar-refractivity contribution < 1.29 is 22.7 Å². The van der Waals surface area contributed by atoms with Gasteiger partial charge in [-0.25, -0.2) is 0 Å². The highest BCUT2D eigenvalue weighted by atomic mass is 19.4. The third-order valence-electron chi connectivity index (χ3n) is 3.10. The number of amides is 1. The van der Waals surface area contributed by atoms with Crippen LogP contribution < -0.4 is 0 Å². The highest BCUT2D eigenvalue weighted by Crippen LogP contribution is 2.20. The number of nitrogens with zero attached hydrogens (tertiary/aromatic N) is 1. The number of rotatable bonds is 5. The molecule has 0 atom stereocenters. The molecule has 18 heavy (non-hydrogen) atoms. The molecule has 0 N–H and O–H groups in total. The van der Waals surface area contributed by atoms with Crippen LogP contribution in [0.3, 0.4) is 0 Å². The van der Waals surface area contributed by atoms with Gasteiger partial charge in [-0.1, -0.05) is 19.3 Å². The molecule has 1 saturated carbocycles. The molecule has 1 aliphatic carbocycles. The van der Waals surface area contributed by atoms with Crippen LogP contribution in [0.4, 0.5) is 13.2 Å². The van der Waals surface area contributed by atoms with Crippen LogP contribution in [0.1, 0.15) is 39.0 Å². The topological polar surface area (TPSA) is 29.5 Å². The van der Waals surface area contributed by atoms with E-state index in [0.717, 1.165) is 30.6 Å². The number of carbonyl (C=O) groups excluding carboxylic acids is 1. The van der Waals surface area contributed by atoms with Gasteiger partial charge in [-0.15, -0.1) is 0 Å². The second kappa shape index (κ2) is 6.97. The van der Waals surface area contributed by atoms with Gasteiger partial charge in [-0.2, -0.15) is 13.2 Å². The van der Waals surface area contributed by atoms with Gasteiger partial charge in [-0.3, -0.25) is 4.79 Å². The van der Waals surface area contributed by atoms with E-state index in [1.807, 2.05) is 0 Å². The van der Waals surface area contributed by atoms with Gasteiger partial charge in [0.15, 0.2) is 0 Å². The van der Waals surface area contributed by atoms with Crippen LogP contribution in [0, 0.1) is 0 Å². The van der Waals surface area contributed by atoms with Crippen molar-refractivity contribution in [2.75, 3.05) is 19.7 Å². The van der Waals surface area contributed by atoms with Crippen molar-refractivity contribution in [3.63, 3.8) is 0 Å². The highest BCUT2D eigenvalue weighted by molar-refractivity contribution is 5.77. The van der Waals surface area contributed by atoms with Crippen molar-refractivity contribution in [2.45, 2.75) is 51.3 Å². The maximum absolute atomic E-state index is 12.2. The molecule has 0 heterocycles. The lowest BCUT2D eigenvalue weighted by Crippen LogP contribution is -2.41. The first-order valence-electron chi connectivity index (χ1n) is 6.38. The Morgan fingerprint density at radius 3 is 2.39 bits per heavy atom. The maximum Gasteiger partial charge on any atom is 0.406 e. The Morgan fingerprint density at radius 2 is 1.89 bits per heavy atom. The van der Waals surface area contributed by atoms with Crippen molar-refractivity contribution in [2.24, 2.45) is 0 Å². The van der Waals surface area contributed by atoms with Crippen LogP contribution in [0.5, 0.6) is 0 Å². The summed E-state index contributed by atoms with van der Waals surface area (Å²) in [4.78, 5) is 12.4. The number of ether oxygens (including phenoxy) is 1. The van der Waals surface area contributed by atoms with Gasteiger partial charge < -0.3 is 9.64 Å². The number of alkyl halides is 3. The van der Waals surface area contributed by atoms with Crippen LogP contribution >= 0.6 is 0 Å². The van der Waals surface area contributed by atoms with Crippen LogP contribution in [-0.4, -0.2) is 42.8 Å². The molecule has 0 aromatic rings. The molecule has 1 fully saturated rings. The molecular weight excluding hydrogens is 247 g/mol. The Kier molecular flexibility index (Phi) is 5.91. The molecule has 0 radical (unpaired) electrons. The van der Waals surface area contributed by atoms with Gasteiger partial charge in [0.2, 0.25) is 5.91 Å². The molecule has 6 heteroatoms. The Labute approximate surface area is 105 Å². The summed E-state index contributed by atoms with van der Waals surface area (Å²) in [5.74, 6) is -0.583. The smallest absolute Gasteiger partial charge is 0.368 e. The summed E-state index contributed by atoms with van der Waals surface area (Å²) in [5, 5.41) is 0. The summed E-state index contributed by atoms with van der Waals surface area (Å²) >= 11 is 0. The molecule has 0 aliphatic heterocycles. The Hall–Kier alpha value is -0.780. The van der Waals surface area contributed by atoms with E-state index < -0.39 is 18.6 Å². The zero-order valence-electron chi connectivity index (χ0n) is 10.6. The van der Waals surface area contributed by atoms with Gasteiger partial charge in [0.05, 0.1) is 6.10 Å². The molecule has 0 unspecified atom stereocenters. The van der Waals surface area contributed by atoms with E-state index in [2.05, 4.69) is 0 Å². The van der Waals surface area contributed by atoms with Crippen LogP contribution in [0.15, 0.2) is 0 Å². The van der Waals surface area contributed by atoms with Crippen molar-refractivity contribution in [3.05, 3.63) is 0 Å². The monoisotopic (exact) mass is 267 g/mol. The predicted molar refractivity (Wildman–Crippen MR) is 61.1 cm³/mol. The van der Waals surface area contributed by atoms with Gasteiger partial charge in [0.25, 0.3) is 0 Å². The molecule has 1 rings (SSSR count). The van der Waals surface area contributed by atoms with Crippen LogP contribution in [0.25, 0.3) is 0 Å². The van der Waals surface area contributed by atoms with E-state index >= 15 is 0 Å². The summed E-state index contributed by atoms with van der Waals surface area (Å²) < 4.78 is 42.0. The number of halogens is 3. The molecule has 1 amide bonds. The molecule has 0 spiro atoms. The van der Waals surface area contributed by atoms with Gasteiger partial charge >= 0.3 is 6.18 Å². The lowest BCUT2D eigenvalue weighted by atomic mass is 9.98. The molecule has 0 aromatic carbocycles. The number of hydrogen-bond donors (Lipinski definition) is 0. The van der Waals surface area contributed by atoms with E-state index in [0.29, 0.717) is 0 Å². The Bertz CT molecular complexity index is 263. The molecule has 1 aliphatic rings. The third-order valence-corrected chi connectivity index (χ3v) is 3.10. The first-order chi connectivity index (χ1) is 8.42. The van der Waals surface area contributed by atoms with Crippen LogP contribution in [-0.2, 0) is 9.53 Å². The average molecular weight is 267 g/mol. The molecule has 106 valence electrons. The van der Waals surface area contributed by atoms with Crippen molar-refractivity contribution in [1.29, 1.82) is 0 Å². The molecule has 3 nitrogen and oxygen atoms in total. The van der Waals surface area contributed by atoms with Crippen molar-refractivity contribution in [1.82, 2.24) is 4.90 Å². The summed E-state index contributed by atoms with van der Waals surface area (Å²) in [7, 11) is 0. The quantitative estimate of drug-likeness (QED) is 0.766. The van der Waals surface area contributed by atoms with Gasteiger partial charge in [0.1, 0.15) is 13.2 Å². The first kappa shape index (κ1) is 15.3. The van der Waals surface area contributed by atoms with E-state index in [1.54, 1.807) is 0 Å². The zero-order valence-corrected chi connectivity index (χ0v) is 10.6. The van der Waals surface area contributed by atoms with Gasteiger partial charge in [-0.05, 0) is 19.8 Å². The standard InChI is InChI=1S/C12H20F3NO2/c1-2-16(9-12(13,14)15)11(17)8-18-10-6-4-3-5-7-10/h10H,2-9H2,1H3. The minimum atomic E-state index is -4.35. The van der Waals surface area contributed by atoms with Gasteiger partial charge in [0, 0.05) is 6.54 Å². The summed E-state index contributed by atoms with van der Waals surface area (Å²) in [6, 6.07) is 0. The van der Waals surface area contributed by atoms with E-state index in [-0.39, 0.29) is 19.3 Å². The third kappa shape index (κ3) is 5.71. The number of hydrogen-bond acceptors (Lipinski definition) is 2. The van der Waals surface area contributed by atoms with E-state index in [9.17, 15) is 18.0 Å². The fourth-order valence-electron chi connectivity index (χ4n) is 2.10. The summed E-state index contributed by atoms with van der Waals surface area (Å²) in [6.45, 7) is 0.140. The van der Waals surface area contributed by atoms with E-state index in [1.165, 1.54) is 13.3 Å². The largest absolute Gasteiger partial charge is 0.406 e. The number of carbonyl (C=O) groups is 1. The first-order valence-corrected chi connectivity index (χ1v) is 6.38. The maximum atomic E-state index is 12.2. The molecule has 0 bridgehead atoms. The fourth-order valence-corrected chi connectivity index (χ4v) is 2.10. The SMILES string of the molecule is CCN(CC(F)(F)F)C(=O)COC1CCCCC1.